The first kappa shape index (κ1) is 13.2. The fraction of sp³-hybridized carbons (Fsp3) is 0.353. The molecule has 2 aromatic heterocycles. The lowest BCUT2D eigenvalue weighted by Crippen LogP contribution is -2.47. The number of hydrogen-bond donors (Lipinski definition) is 0. The number of fused-ring (bicyclic) bond motifs is 2. The fourth-order valence-electron chi connectivity index (χ4n) is 3.41. The summed E-state index contributed by atoms with van der Waals surface area (Å²) in [6.07, 6.45) is 11.5. The minimum atomic E-state index is 0.319. The molecule has 0 bridgehead atoms. The van der Waals surface area contributed by atoms with Crippen LogP contribution < -0.4 is 9.80 Å². The van der Waals surface area contributed by atoms with Crippen LogP contribution in [-0.2, 0) is 12.8 Å². The number of aromatic nitrogens is 2. The van der Waals surface area contributed by atoms with Crippen molar-refractivity contribution in [3.8, 4) is 0 Å². The molecular weight excluding hydrogens is 274 g/mol. The summed E-state index contributed by atoms with van der Waals surface area (Å²) in [5.74, 6) is 0.319. The molecule has 0 amide bonds. The third kappa shape index (κ3) is 2.13. The van der Waals surface area contributed by atoms with Gasteiger partial charge in [0.15, 0.2) is 0 Å². The Balaban J connectivity index is 1.69. The van der Waals surface area contributed by atoms with Crippen LogP contribution in [-0.4, -0.2) is 29.0 Å². The van der Waals surface area contributed by atoms with Gasteiger partial charge in [0.05, 0.1) is 0 Å². The van der Waals surface area contributed by atoms with Crippen LogP contribution in [0.4, 0.5) is 11.4 Å². The number of nitrogens with zero attached hydrogens (tertiary/aromatic N) is 5. The number of pyridine rings is 2. The van der Waals surface area contributed by atoms with E-state index in [9.17, 15) is 5.41 Å². The van der Waals surface area contributed by atoms with Gasteiger partial charge in [-0.1, -0.05) is 0 Å². The van der Waals surface area contributed by atoms with Crippen molar-refractivity contribution >= 4 is 17.3 Å². The Morgan fingerprint density at radius 2 is 1.36 bits per heavy atom. The summed E-state index contributed by atoms with van der Waals surface area (Å²) in [4.78, 5) is 12.4. The van der Waals surface area contributed by atoms with Crippen LogP contribution in [0, 0.1) is 0 Å². The molecule has 0 aliphatic carbocycles. The van der Waals surface area contributed by atoms with E-state index < -0.39 is 0 Å². The molecule has 4 rings (SSSR count). The monoisotopic (exact) mass is 292 g/mol. The molecule has 22 heavy (non-hydrogen) atoms. The van der Waals surface area contributed by atoms with Gasteiger partial charge < -0.3 is 15.2 Å². The van der Waals surface area contributed by atoms with Crippen molar-refractivity contribution in [3.05, 3.63) is 53.5 Å². The highest BCUT2D eigenvalue weighted by Crippen LogP contribution is 2.31. The van der Waals surface area contributed by atoms with Crippen molar-refractivity contribution in [2.45, 2.75) is 25.7 Å². The minimum absolute atomic E-state index is 0.319. The molecule has 0 aromatic carbocycles. The molecular formula is C17H18N5-. The van der Waals surface area contributed by atoms with E-state index in [0.29, 0.717) is 5.96 Å². The van der Waals surface area contributed by atoms with Crippen molar-refractivity contribution in [1.29, 1.82) is 0 Å². The van der Waals surface area contributed by atoms with E-state index in [1.54, 1.807) is 12.4 Å². The van der Waals surface area contributed by atoms with Crippen LogP contribution in [0.15, 0.2) is 36.9 Å². The molecule has 0 fully saturated rings. The second-order valence-electron chi connectivity index (χ2n) is 5.82. The Labute approximate surface area is 130 Å². The number of aryl methyl sites for hydroxylation is 2. The van der Waals surface area contributed by atoms with E-state index in [2.05, 4.69) is 9.97 Å². The number of guanidine groups is 1. The summed E-state index contributed by atoms with van der Waals surface area (Å²) in [6.45, 7) is 1.67. The average molecular weight is 292 g/mol. The molecule has 0 saturated carbocycles. The molecule has 0 spiro atoms. The predicted molar refractivity (Wildman–Crippen MR) is 88.2 cm³/mol. The van der Waals surface area contributed by atoms with E-state index in [1.165, 1.54) is 11.1 Å². The van der Waals surface area contributed by atoms with Crippen molar-refractivity contribution in [1.82, 2.24) is 9.97 Å². The standard InChI is InChI=1S/C17H18N5/c18-17(21-9-1-3-13-11-19-7-5-15(13)21)22-10-2-4-14-12-20-8-6-16(14)22/h5-8,11-12H,1-4,9-10H2/q-1. The van der Waals surface area contributed by atoms with Gasteiger partial charge in [0, 0.05) is 30.7 Å². The normalized spacial score (nSPS) is 16.9. The van der Waals surface area contributed by atoms with E-state index in [-0.39, 0.29) is 0 Å². The minimum Gasteiger partial charge on any atom is -0.397 e. The van der Waals surface area contributed by atoms with E-state index >= 15 is 0 Å². The molecule has 4 heterocycles. The van der Waals surface area contributed by atoms with Crippen molar-refractivity contribution in [2.24, 2.45) is 0 Å². The molecule has 0 saturated heterocycles. The third-order valence-corrected chi connectivity index (χ3v) is 4.48. The summed E-state index contributed by atoms with van der Waals surface area (Å²) in [5, 5.41) is 10.9. The first-order valence-corrected chi connectivity index (χ1v) is 7.81. The van der Waals surface area contributed by atoms with Gasteiger partial charge in [0.1, 0.15) is 0 Å². The van der Waals surface area contributed by atoms with Crippen LogP contribution in [0.2, 0.25) is 0 Å². The van der Waals surface area contributed by atoms with Gasteiger partial charge in [-0.25, -0.2) is 0 Å². The maximum Gasteiger partial charge on any atom is 0.0307 e. The Bertz CT molecular complexity index is 652. The predicted octanol–water partition coefficient (Wildman–Crippen LogP) is 2.61. The molecule has 112 valence electrons. The SMILES string of the molecule is [N-]=C(N1CCCc2cnccc21)N1CCCc2cnccc21. The lowest BCUT2D eigenvalue weighted by atomic mass is 10.0. The van der Waals surface area contributed by atoms with Crippen LogP contribution in [0.5, 0.6) is 0 Å². The molecule has 0 unspecified atom stereocenters. The third-order valence-electron chi connectivity index (χ3n) is 4.48. The molecule has 0 radical (unpaired) electrons. The number of rotatable bonds is 0. The second-order valence-corrected chi connectivity index (χ2v) is 5.82. The highest BCUT2D eigenvalue weighted by molar-refractivity contribution is 6.10. The lowest BCUT2D eigenvalue weighted by Gasteiger charge is -2.46. The van der Waals surface area contributed by atoms with Crippen LogP contribution in [0.3, 0.4) is 0 Å². The Kier molecular flexibility index (Phi) is 3.25. The summed E-state index contributed by atoms with van der Waals surface area (Å²) in [7, 11) is 0. The smallest absolute Gasteiger partial charge is 0.0307 e. The molecule has 2 aromatic rings. The zero-order valence-corrected chi connectivity index (χ0v) is 12.4. The van der Waals surface area contributed by atoms with Crippen LogP contribution in [0.1, 0.15) is 24.0 Å². The van der Waals surface area contributed by atoms with Gasteiger partial charge in [0.2, 0.25) is 0 Å². The molecule has 2 aliphatic heterocycles. The quantitative estimate of drug-likeness (QED) is 0.553. The van der Waals surface area contributed by atoms with Crippen LogP contribution >= 0.6 is 0 Å². The van der Waals surface area contributed by atoms with E-state index in [0.717, 1.165) is 50.1 Å². The van der Waals surface area contributed by atoms with Gasteiger partial charge >= 0.3 is 0 Å². The molecule has 0 atom stereocenters. The molecule has 5 heteroatoms. The summed E-state index contributed by atoms with van der Waals surface area (Å²) in [6, 6.07) is 3.98. The lowest BCUT2D eigenvalue weighted by molar-refractivity contribution is 0.742. The van der Waals surface area contributed by atoms with Crippen LogP contribution in [0.25, 0.3) is 5.41 Å². The highest BCUT2D eigenvalue weighted by Gasteiger charge is 2.21. The zero-order valence-electron chi connectivity index (χ0n) is 12.4. The second kappa shape index (κ2) is 5.40. The van der Waals surface area contributed by atoms with Crippen molar-refractivity contribution < 1.29 is 0 Å². The zero-order chi connectivity index (χ0) is 14.9. The summed E-state index contributed by atoms with van der Waals surface area (Å²) in [5.41, 5.74) is 4.54. The average Bonchev–Trinajstić information content (AvgIpc) is 2.60. The molecule has 5 nitrogen and oxygen atoms in total. The van der Waals surface area contributed by atoms with Gasteiger partial charge in [-0.3, -0.25) is 9.97 Å². The molecule has 2 aliphatic rings. The Morgan fingerprint density at radius 1 is 0.864 bits per heavy atom. The van der Waals surface area contributed by atoms with Gasteiger partial charge in [-0.2, -0.15) is 0 Å². The maximum absolute atomic E-state index is 10.9. The Hall–Kier alpha value is -2.43. The first-order valence-electron chi connectivity index (χ1n) is 7.81. The summed E-state index contributed by atoms with van der Waals surface area (Å²) >= 11 is 0. The maximum atomic E-state index is 10.9. The van der Waals surface area contributed by atoms with Gasteiger partial charge in [-0.05, 0) is 73.4 Å². The summed E-state index contributed by atoms with van der Waals surface area (Å²) < 4.78 is 0. The van der Waals surface area contributed by atoms with Gasteiger partial charge in [0.25, 0.3) is 0 Å². The van der Waals surface area contributed by atoms with E-state index in [4.69, 9.17) is 0 Å². The fourth-order valence-corrected chi connectivity index (χ4v) is 3.41. The number of anilines is 2. The molecule has 0 N–H and O–H groups in total. The first-order chi connectivity index (χ1) is 10.8. The Morgan fingerprint density at radius 3 is 1.86 bits per heavy atom. The van der Waals surface area contributed by atoms with Crippen molar-refractivity contribution in [3.63, 3.8) is 0 Å². The number of hydrogen-bond acceptors (Lipinski definition) is 2. The van der Waals surface area contributed by atoms with Crippen molar-refractivity contribution in [2.75, 3.05) is 22.9 Å². The van der Waals surface area contributed by atoms with E-state index in [1.807, 2.05) is 34.3 Å². The topological polar surface area (TPSA) is 54.6 Å². The van der Waals surface area contributed by atoms with Gasteiger partial charge in [-0.15, -0.1) is 0 Å². The highest BCUT2D eigenvalue weighted by atomic mass is 15.4. The largest absolute Gasteiger partial charge is 0.397 e.